The highest BCUT2D eigenvalue weighted by Gasteiger charge is 2.11. The Morgan fingerprint density at radius 3 is 2.17 bits per heavy atom. The molecule has 4 aromatic rings. The maximum Gasteiger partial charge on any atom is 0.275 e. The first kappa shape index (κ1) is 19.2. The second kappa shape index (κ2) is 8.49. The van der Waals surface area contributed by atoms with E-state index in [0.717, 1.165) is 27.7 Å². The number of fused-ring (bicyclic) bond motifs is 1. The summed E-state index contributed by atoms with van der Waals surface area (Å²) >= 11 is 0. The summed E-state index contributed by atoms with van der Waals surface area (Å²) in [5, 5.41) is 15.9. The number of rotatable bonds is 5. The summed E-state index contributed by atoms with van der Waals surface area (Å²) in [5.41, 5.74) is 5.66. The Kier molecular flexibility index (Phi) is 5.44. The van der Waals surface area contributed by atoms with Gasteiger partial charge in [0.15, 0.2) is 0 Å². The van der Waals surface area contributed by atoms with E-state index in [1.165, 1.54) is 0 Å². The monoisotopic (exact) mass is 395 g/mol. The molecule has 0 saturated carbocycles. The molecule has 0 aliphatic rings. The molecule has 0 spiro atoms. The Labute approximate surface area is 174 Å². The molecule has 0 aliphatic heterocycles. The molecule has 1 amide bonds. The summed E-state index contributed by atoms with van der Waals surface area (Å²) in [6.07, 6.45) is 1.57. The van der Waals surface area contributed by atoms with Crippen LogP contribution in [0.2, 0.25) is 0 Å². The molecule has 0 aromatic heterocycles. The summed E-state index contributed by atoms with van der Waals surface area (Å²) < 4.78 is 0. The third-order valence-corrected chi connectivity index (χ3v) is 4.91. The zero-order valence-electron chi connectivity index (χ0n) is 16.5. The van der Waals surface area contributed by atoms with Crippen LogP contribution in [0.3, 0.4) is 0 Å². The van der Waals surface area contributed by atoms with Crippen molar-refractivity contribution in [3.63, 3.8) is 0 Å². The number of nitrogens with zero attached hydrogens (tertiary/aromatic N) is 2. The molecule has 0 aliphatic carbocycles. The molecule has 2 N–H and O–H groups in total. The van der Waals surface area contributed by atoms with Crippen LogP contribution in [0.15, 0.2) is 96.1 Å². The van der Waals surface area contributed by atoms with Crippen molar-refractivity contribution in [3.05, 3.63) is 102 Å². The predicted molar refractivity (Wildman–Crippen MR) is 122 cm³/mol. The van der Waals surface area contributed by atoms with Gasteiger partial charge in [0.05, 0.1) is 11.8 Å². The second-order valence-corrected chi connectivity index (χ2v) is 6.90. The first-order valence-corrected chi connectivity index (χ1v) is 9.56. The highest BCUT2D eigenvalue weighted by molar-refractivity contribution is 6.01. The van der Waals surface area contributed by atoms with E-state index in [0.29, 0.717) is 0 Å². The highest BCUT2D eigenvalue weighted by atomic mass is 16.3. The Balaban J connectivity index is 1.43. The first-order valence-electron chi connectivity index (χ1n) is 9.56. The van der Waals surface area contributed by atoms with Crippen LogP contribution in [0.1, 0.15) is 15.9 Å². The smallest absolute Gasteiger partial charge is 0.275 e. The number of hydrogen-bond donors (Lipinski definition) is 2. The molecule has 4 aromatic carbocycles. The standard InChI is InChI=1S/C25H21N3O2/c1-28(21-9-3-2-4-10-21)22-13-11-18(12-14-22)17-26-27-25(30)23-15-19-7-5-6-8-20(19)16-24(23)29/h2-17,29H,1H3,(H,27,30). The highest BCUT2D eigenvalue weighted by Crippen LogP contribution is 2.25. The number of phenols is 1. The van der Waals surface area contributed by atoms with Gasteiger partial charge in [-0.25, -0.2) is 5.43 Å². The van der Waals surface area contributed by atoms with Gasteiger partial charge in [-0.1, -0.05) is 54.6 Å². The molecular weight excluding hydrogens is 374 g/mol. The minimum absolute atomic E-state index is 0.0743. The average Bonchev–Trinajstić information content (AvgIpc) is 2.79. The summed E-state index contributed by atoms with van der Waals surface area (Å²) in [4.78, 5) is 14.5. The van der Waals surface area contributed by atoms with E-state index in [-0.39, 0.29) is 11.3 Å². The molecule has 148 valence electrons. The van der Waals surface area contributed by atoms with Crippen LogP contribution in [-0.4, -0.2) is 24.3 Å². The lowest BCUT2D eigenvalue weighted by Crippen LogP contribution is -2.17. The van der Waals surface area contributed by atoms with Gasteiger partial charge in [-0.3, -0.25) is 4.79 Å². The number of nitrogens with one attached hydrogen (secondary N) is 1. The van der Waals surface area contributed by atoms with E-state index in [4.69, 9.17) is 0 Å². The number of carbonyl (C=O) groups excluding carboxylic acids is 1. The summed E-state index contributed by atoms with van der Waals surface area (Å²) in [6.45, 7) is 0. The zero-order chi connectivity index (χ0) is 20.9. The van der Waals surface area contributed by atoms with Gasteiger partial charge < -0.3 is 10.0 Å². The van der Waals surface area contributed by atoms with Crippen molar-refractivity contribution in [3.8, 4) is 5.75 Å². The van der Waals surface area contributed by atoms with Crippen LogP contribution in [0, 0.1) is 0 Å². The number of hydrogen-bond acceptors (Lipinski definition) is 4. The fraction of sp³-hybridized carbons (Fsp3) is 0.0400. The van der Waals surface area contributed by atoms with Crippen molar-refractivity contribution in [2.24, 2.45) is 5.10 Å². The molecule has 0 bridgehead atoms. The fourth-order valence-electron chi connectivity index (χ4n) is 3.22. The van der Waals surface area contributed by atoms with Gasteiger partial charge in [0.2, 0.25) is 0 Å². The summed E-state index contributed by atoms with van der Waals surface area (Å²) in [6, 6.07) is 28.7. The lowest BCUT2D eigenvalue weighted by molar-refractivity contribution is 0.0952. The summed E-state index contributed by atoms with van der Waals surface area (Å²) in [5.74, 6) is -0.537. The normalized spacial score (nSPS) is 11.0. The number of carbonyl (C=O) groups is 1. The van der Waals surface area contributed by atoms with E-state index in [1.54, 1.807) is 18.3 Å². The second-order valence-electron chi connectivity index (χ2n) is 6.90. The van der Waals surface area contributed by atoms with Gasteiger partial charge in [-0.05, 0) is 52.7 Å². The van der Waals surface area contributed by atoms with Crippen LogP contribution < -0.4 is 10.3 Å². The van der Waals surface area contributed by atoms with Gasteiger partial charge in [-0.2, -0.15) is 5.10 Å². The maximum absolute atomic E-state index is 12.4. The molecular formula is C25H21N3O2. The number of para-hydroxylation sites is 1. The van der Waals surface area contributed by atoms with Crippen LogP contribution in [0.25, 0.3) is 10.8 Å². The number of aromatic hydroxyl groups is 1. The predicted octanol–water partition coefficient (Wildman–Crippen LogP) is 5.08. The van der Waals surface area contributed by atoms with Crippen molar-refractivity contribution in [2.75, 3.05) is 11.9 Å². The number of amides is 1. The SMILES string of the molecule is CN(c1ccccc1)c1ccc(C=NNC(=O)c2cc3ccccc3cc2O)cc1. The van der Waals surface area contributed by atoms with Gasteiger partial charge in [0.1, 0.15) is 5.75 Å². The van der Waals surface area contributed by atoms with Crippen LogP contribution >= 0.6 is 0 Å². The fourth-order valence-corrected chi connectivity index (χ4v) is 3.22. The lowest BCUT2D eigenvalue weighted by atomic mass is 10.1. The molecule has 0 fully saturated rings. The van der Waals surface area contributed by atoms with Crippen LogP contribution in [-0.2, 0) is 0 Å². The third-order valence-electron chi connectivity index (χ3n) is 4.91. The minimum atomic E-state index is -0.463. The Morgan fingerprint density at radius 2 is 1.47 bits per heavy atom. The van der Waals surface area contributed by atoms with Crippen molar-refractivity contribution in [2.45, 2.75) is 0 Å². The topological polar surface area (TPSA) is 64.9 Å². The molecule has 5 heteroatoms. The van der Waals surface area contributed by atoms with Gasteiger partial charge in [-0.15, -0.1) is 0 Å². The molecule has 0 radical (unpaired) electrons. The molecule has 5 nitrogen and oxygen atoms in total. The zero-order valence-corrected chi connectivity index (χ0v) is 16.5. The van der Waals surface area contributed by atoms with Gasteiger partial charge in [0.25, 0.3) is 5.91 Å². The van der Waals surface area contributed by atoms with Crippen LogP contribution in [0.5, 0.6) is 5.75 Å². The van der Waals surface area contributed by atoms with Crippen molar-refractivity contribution >= 4 is 34.3 Å². The molecule has 0 atom stereocenters. The average molecular weight is 395 g/mol. The van der Waals surface area contributed by atoms with Crippen molar-refractivity contribution in [1.82, 2.24) is 5.43 Å². The lowest BCUT2D eigenvalue weighted by Gasteiger charge is -2.19. The Hall–Kier alpha value is -4.12. The summed E-state index contributed by atoms with van der Waals surface area (Å²) in [7, 11) is 2.01. The number of benzene rings is 4. The number of hydrazone groups is 1. The van der Waals surface area contributed by atoms with Crippen molar-refractivity contribution in [1.29, 1.82) is 0 Å². The maximum atomic E-state index is 12.4. The van der Waals surface area contributed by atoms with E-state index in [2.05, 4.69) is 15.4 Å². The van der Waals surface area contributed by atoms with E-state index >= 15 is 0 Å². The van der Waals surface area contributed by atoms with E-state index in [1.807, 2.05) is 85.9 Å². The Morgan fingerprint density at radius 1 is 0.867 bits per heavy atom. The molecule has 0 saturated heterocycles. The van der Waals surface area contributed by atoms with E-state index in [9.17, 15) is 9.90 Å². The molecule has 4 rings (SSSR count). The molecule has 0 heterocycles. The largest absolute Gasteiger partial charge is 0.507 e. The van der Waals surface area contributed by atoms with Crippen LogP contribution in [0.4, 0.5) is 11.4 Å². The first-order chi connectivity index (χ1) is 14.6. The number of anilines is 2. The quantitative estimate of drug-likeness (QED) is 0.366. The number of phenolic OH excluding ortho intramolecular Hbond substituents is 1. The van der Waals surface area contributed by atoms with E-state index < -0.39 is 5.91 Å². The van der Waals surface area contributed by atoms with Gasteiger partial charge >= 0.3 is 0 Å². The molecule has 30 heavy (non-hydrogen) atoms. The minimum Gasteiger partial charge on any atom is -0.507 e. The third kappa shape index (κ3) is 4.15. The van der Waals surface area contributed by atoms with Crippen molar-refractivity contribution < 1.29 is 9.90 Å². The Bertz CT molecular complexity index is 1200. The molecule has 0 unspecified atom stereocenters. The van der Waals surface area contributed by atoms with Gasteiger partial charge in [0, 0.05) is 18.4 Å².